The predicted molar refractivity (Wildman–Crippen MR) is 85.4 cm³/mol. The summed E-state index contributed by atoms with van der Waals surface area (Å²) < 4.78 is 40.1. The van der Waals surface area contributed by atoms with Crippen LogP contribution in [0.3, 0.4) is 0 Å². The van der Waals surface area contributed by atoms with E-state index < -0.39 is 15.8 Å². The molecule has 1 aliphatic heterocycles. The molecule has 6 nitrogen and oxygen atoms in total. The molecule has 0 saturated carbocycles. The highest BCUT2D eigenvalue weighted by atomic mass is 32.2. The smallest absolute Gasteiger partial charge is 0.240 e. The number of H-pyrrole nitrogens is 1. The first-order valence-electron chi connectivity index (χ1n) is 7.48. The second-order valence-electron chi connectivity index (χ2n) is 5.62. The van der Waals surface area contributed by atoms with E-state index in [0.29, 0.717) is 12.2 Å². The van der Waals surface area contributed by atoms with Crippen LogP contribution in [0.5, 0.6) is 0 Å². The third-order valence-electron chi connectivity index (χ3n) is 4.22. The number of nitrogens with zero attached hydrogens (tertiary/aromatic N) is 2. The summed E-state index contributed by atoms with van der Waals surface area (Å²) in [7, 11) is -2.33. The molecule has 1 aliphatic rings. The number of nitrogens with one attached hydrogen (secondary N) is 2. The Morgan fingerprint density at radius 1 is 1.39 bits per heavy atom. The van der Waals surface area contributed by atoms with Crippen LogP contribution >= 0.6 is 0 Å². The van der Waals surface area contributed by atoms with Crippen LogP contribution in [0.15, 0.2) is 35.4 Å². The van der Waals surface area contributed by atoms with E-state index >= 15 is 0 Å². The number of sulfonamides is 1. The number of hydrogen-bond donors (Lipinski definition) is 2. The fourth-order valence-corrected chi connectivity index (χ4v) is 3.71. The molecular formula is C15H19FN4O2S. The molecule has 8 heteroatoms. The quantitative estimate of drug-likeness (QED) is 0.892. The summed E-state index contributed by atoms with van der Waals surface area (Å²) in [6.45, 7) is 1.43. The lowest BCUT2D eigenvalue weighted by atomic mass is 9.94. The molecule has 2 heterocycles. The number of anilines is 1. The van der Waals surface area contributed by atoms with Gasteiger partial charge in [0.05, 0.1) is 10.6 Å². The van der Waals surface area contributed by atoms with Gasteiger partial charge in [0.25, 0.3) is 0 Å². The van der Waals surface area contributed by atoms with Crippen LogP contribution < -0.4 is 9.62 Å². The molecule has 0 radical (unpaired) electrons. The molecule has 0 amide bonds. The number of rotatable bonds is 4. The molecule has 1 atom stereocenters. The van der Waals surface area contributed by atoms with Gasteiger partial charge in [-0.15, -0.1) is 0 Å². The highest BCUT2D eigenvalue weighted by Gasteiger charge is 2.25. The third kappa shape index (κ3) is 3.23. The summed E-state index contributed by atoms with van der Waals surface area (Å²) in [5.41, 5.74) is 1.48. The van der Waals surface area contributed by atoms with E-state index in [1.54, 1.807) is 6.20 Å². The average Bonchev–Trinajstić information content (AvgIpc) is 3.09. The van der Waals surface area contributed by atoms with E-state index in [4.69, 9.17) is 0 Å². The maximum Gasteiger partial charge on any atom is 0.240 e. The maximum absolute atomic E-state index is 14.4. The van der Waals surface area contributed by atoms with E-state index in [0.717, 1.165) is 31.1 Å². The number of benzene rings is 1. The Labute approximate surface area is 134 Å². The lowest BCUT2D eigenvalue weighted by molar-refractivity contribution is 0.492. The monoisotopic (exact) mass is 338 g/mol. The zero-order valence-electron chi connectivity index (χ0n) is 12.8. The first-order valence-corrected chi connectivity index (χ1v) is 8.97. The second kappa shape index (κ2) is 6.29. The van der Waals surface area contributed by atoms with Gasteiger partial charge in [0, 0.05) is 30.9 Å². The Balaban J connectivity index is 1.84. The Bertz CT molecular complexity index is 777. The number of piperidine rings is 1. The SMILES string of the molecule is CNS(=O)(=O)c1ccc(N2CCCC(c3ccn[nH]3)C2)c(F)c1. The van der Waals surface area contributed by atoms with Gasteiger partial charge in [0.1, 0.15) is 5.82 Å². The van der Waals surface area contributed by atoms with Gasteiger partial charge in [-0.3, -0.25) is 5.10 Å². The van der Waals surface area contributed by atoms with E-state index in [1.807, 2.05) is 11.0 Å². The van der Waals surface area contributed by atoms with Crippen LogP contribution in [0.25, 0.3) is 0 Å². The topological polar surface area (TPSA) is 78.1 Å². The molecule has 1 aromatic heterocycles. The standard InChI is InChI=1S/C15H19FN4O2S/c1-17-23(21,22)12-4-5-15(13(16)9-12)20-8-2-3-11(10-20)14-6-7-18-19-14/h4-7,9,11,17H,2-3,8,10H2,1H3,(H,18,19). The van der Waals surface area contributed by atoms with Crippen LogP contribution in [-0.2, 0) is 10.0 Å². The van der Waals surface area contributed by atoms with Gasteiger partial charge in [-0.1, -0.05) is 0 Å². The summed E-state index contributed by atoms with van der Waals surface area (Å²) in [5.74, 6) is -0.252. The Hall–Kier alpha value is -1.93. The molecule has 1 unspecified atom stereocenters. The molecule has 124 valence electrons. The highest BCUT2D eigenvalue weighted by molar-refractivity contribution is 7.89. The molecule has 1 aromatic carbocycles. The van der Waals surface area contributed by atoms with Gasteiger partial charge in [0.2, 0.25) is 10.0 Å². The molecule has 1 fully saturated rings. The van der Waals surface area contributed by atoms with Crippen LogP contribution in [-0.4, -0.2) is 38.8 Å². The van der Waals surface area contributed by atoms with Crippen molar-refractivity contribution in [2.24, 2.45) is 0 Å². The van der Waals surface area contributed by atoms with Gasteiger partial charge in [-0.25, -0.2) is 17.5 Å². The summed E-state index contributed by atoms with van der Waals surface area (Å²) in [6, 6.07) is 5.98. The van der Waals surface area contributed by atoms with Gasteiger partial charge in [-0.05, 0) is 44.2 Å². The summed E-state index contributed by atoms with van der Waals surface area (Å²) in [5, 5.41) is 6.94. The molecule has 0 spiro atoms. The average molecular weight is 338 g/mol. The van der Waals surface area contributed by atoms with Crippen molar-refractivity contribution in [1.29, 1.82) is 0 Å². The Kier molecular flexibility index (Phi) is 4.36. The van der Waals surface area contributed by atoms with Crippen molar-refractivity contribution in [2.45, 2.75) is 23.7 Å². The van der Waals surface area contributed by atoms with Gasteiger partial charge in [-0.2, -0.15) is 5.10 Å². The number of hydrogen-bond acceptors (Lipinski definition) is 4. The first kappa shape index (κ1) is 15.9. The summed E-state index contributed by atoms with van der Waals surface area (Å²) in [6.07, 6.45) is 3.68. The largest absolute Gasteiger partial charge is 0.369 e. The van der Waals surface area contributed by atoms with E-state index in [-0.39, 0.29) is 10.8 Å². The van der Waals surface area contributed by atoms with Crippen molar-refractivity contribution in [3.05, 3.63) is 42.0 Å². The van der Waals surface area contributed by atoms with E-state index in [2.05, 4.69) is 14.9 Å². The first-order chi connectivity index (χ1) is 11.0. The van der Waals surface area contributed by atoms with Crippen LogP contribution in [0.1, 0.15) is 24.5 Å². The van der Waals surface area contributed by atoms with Crippen molar-refractivity contribution in [2.75, 3.05) is 25.0 Å². The molecule has 2 aromatic rings. The van der Waals surface area contributed by atoms with Crippen molar-refractivity contribution in [1.82, 2.24) is 14.9 Å². The van der Waals surface area contributed by atoms with Crippen LogP contribution in [0.4, 0.5) is 10.1 Å². The van der Waals surface area contributed by atoms with E-state index in [9.17, 15) is 12.8 Å². The second-order valence-corrected chi connectivity index (χ2v) is 7.50. The fourth-order valence-electron chi connectivity index (χ4n) is 2.97. The number of aromatic nitrogens is 2. The van der Waals surface area contributed by atoms with Crippen LogP contribution in [0.2, 0.25) is 0 Å². The van der Waals surface area contributed by atoms with Crippen molar-refractivity contribution in [3.63, 3.8) is 0 Å². The zero-order chi connectivity index (χ0) is 16.4. The molecule has 1 saturated heterocycles. The van der Waals surface area contributed by atoms with Crippen molar-refractivity contribution >= 4 is 15.7 Å². The fraction of sp³-hybridized carbons (Fsp3) is 0.400. The van der Waals surface area contributed by atoms with Crippen LogP contribution in [0, 0.1) is 5.82 Å². The maximum atomic E-state index is 14.4. The van der Waals surface area contributed by atoms with Crippen molar-refractivity contribution in [3.8, 4) is 0 Å². The van der Waals surface area contributed by atoms with Crippen molar-refractivity contribution < 1.29 is 12.8 Å². The molecule has 0 bridgehead atoms. The lowest BCUT2D eigenvalue weighted by Crippen LogP contribution is -2.35. The third-order valence-corrected chi connectivity index (χ3v) is 5.63. The molecule has 2 N–H and O–H groups in total. The summed E-state index contributed by atoms with van der Waals surface area (Å²) >= 11 is 0. The minimum atomic E-state index is -3.64. The minimum absolute atomic E-state index is 0.0663. The highest BCUT2D eigenvalue weighted by Crippen LogP contribution is 2.31. The predicted octanol–water partition coefficient (Wildman–Crippen LogP) is 1.84. The Morgan fingerprint density at radius 2 is 2.22 bits per heavy atom. The number of aromatic amines is 1. The molecule has 23 heavy (non-hydrogen) atoms. The van der Waals surface area contributed by atoms with Gasteiger partial charge in [0.15, 0.2) is 0 Å². The Morgan fingerprint density at radius 3 is 2.87 bits per heavy atom. The molecular weight excluding hydrogens is 319 g/mol. The van der Waals surface area contributed by atoms with E-state index in [1.165, 1.54) is 19.2 Å². The normalized spacial score (nSPS) is 19.0. The number of halogens is 1. The summed E-state index contributed by atoms with van der Waals surface area (Å²) in [4.78, 5) is 1.89. The molecule has 0 aliphatic carbocycles. The lowest BCUT2D eigenvalue weighted by Gasteiger charge is -2.34. The van der Waals surface area contributed by atoms with Gasteiger partial charge < -0.3 is 4.90 Å². The molecule has 3 rings (SSSR count). The minimum Gasteiger partial charge on any atom is -0.369 e. The van der Waals surface area contributed by atoms with Gasteiger partial charge >= 0.3 is 0 Å². The zero-order valence-corrected chi connectivity index (χ0v) is 13.6.